The molecule has 1 aromatic carbocycles. The molecule has 4 N–H and O–H groups in total. The van der Waals surface area contributed by atoms with Crippen LogP contribution in [0.15, 0.2) is 18.2 Å². The highest BCUT2D eigenvalue weighted by molar-refractivity contribution is 5.82. The van der Waals surface area contributed by atoms with Crippen molar-refractivity contribution in [3.8, 4) is 0 Å². The van der Waals surface area contributed by atoms with E-state index in [2.05, 4.69) is 0 Å². The number of carbonyl (C=O) groups is 1. The summed E-state index contributed by atoms with van der Waals surface area (Å²) >= 11 is 0. The molecule has 1 heterocycles. The predicted octanol–water partition coefficient (Wildman–Crippen LogP) is 0.986. The van der Waals surface area contributed by atoms with Crippen molar-refractivity contribution in [1.29, 1.82) is 0 Å². The number of nitrogens with zero attached hydrogens (tertiary/aromatic N) is 1. The molecule has 1 amide bonds. The third-order valence-electron chi connectivity index (χ3n) is 3.71. The number of hydrogen-bond acceptors (Lipinski definition) is 3. The molecule has 1 saturated heterocycles. The lowest BCUT2D eigenvalue weighted by molar-refractivity contribution is -0.125. The summed E-state index contributed by atoms with van der Waals surface area (Å²) in [6.07, 6.45) is 0.683. The quantitative estimate of drug-likeness (QED) is 0.841. The van der Waals surface area contributed by atoms with Gasteiger partial charge < -0.3 is 16.4 Å². The lowest BCUT2D eigenvalue weighted by atomic mass is 9.89. The molecule has 98 valence electrons. The fraction of sp³-hybridized carbons (Fsp3) is 0.462. The van der Waals surface area contributed by atoms with E-state index in [1.807, 2.05) is 17.9 Å². The van der Waals surface area contributed by atoms with E-state index < -0.39 is 5.41 Å². The normalized spacial score (nSPS) is 23.4. The van der Waals surface area contributed by atoms with Crippen LogP contribution in [0.3, 0.4) is 0 Å². The van der Waals surface area contributed by atoms with Gasteiger partial charge in [-0.15, -0.1) is 0 Å². The molecule has 0 saturated carbocycles. The monoisotopic (exact) mass is 251 g/mol. The number of carbonyl (C=O) groups excluding carboxylic acids is 1. The molecule has 0 radical (unpaired) electrons. The predicted molar refractivity (Wildman–Crippen MR) is 68.4 cm³/mol. The molecule has 0 bridgehead atoms. The maximum Gasteiger partial charge on any atom is 0.225 e. The van der Waals surface area contributed by atoms with Crippen molar-refractivity contribution in [3.05, 3.63) is 29.6 Å². The van der Waals surface area contributed by atoms with Gasteiger partial charge in [0.2, 0.25) is 5.91 Å². The van der Waals surface area contributed by atoms with Crippen LogP contribution in [-0.4, -0.2) is 19.0 Å². The SMILES string of the molecule is CC1(C(N)=O)CCN(c2cccc(F)c2CN)C1. The Morgan fingerprint density at radius 1 is 1.56 bits per heavy atom. The van der Waals surface area contributed by atoms with Gasteiger partial charge in [-0.2, -0.15) is 0 Å². The van der Waals surface area contributed by atoms with Gasteiger partial charge in [0.15, 0.2) is 0 Å². The maximum absolute atomic E-state index is 13.7. The van der Waals surface area contributed by atoms with Crippen LogP contribution < -0.4 is 16.4 Å². The Labute approximate surface area is 106 Å². The van der Waals surface area contributed by atoms with E-state index in [1.165, 1.54) is 6.07 Å². The fourth-order valence-corrected chi connectivity index (χ4v) is 2.41. The molecule has 1 fully saturated rings. The summed E-state index contributed by atoms with van der Waals surface area (Å²) in [4.78, 5) is 13.4. The Morgan fingerprint density at radius 2 is 2.28 bits per heavy atom. The largest absolute Gasteiger partial charge is 0.370 e. The molecule has 0 aliphatic carbocycles. The van der Waals surface area contributed by atoms with Gasteiger partial charge in [0.1, 0.15) is 5.82 Å². The van der Waals surface area contributed by atoms with E-state index >= 15 is 0 Å². The van der Waals surface area contributed by atoms with Gasteiger partial charge in [-0.05, 0) is 25.5 Å². The second-order valence-corrected chi connectivity index (χ2v) is 5.04. The van der Waals surface area contributed by atoms with E-state index in [4.69, 9.17) is 11.5 Å². The molecule has 5 heteroatoms. The molecule has 0 aromatic heterocycles. The van der Waals surface area contributed by atoms with Crippen molar-refractivity contribution in [2.45, 2.75) is 19.9 Å². The minimum absolute atomic E-state index is 0.145. The third kappa shape index (κ3) is 2.06. The molecule has 1 aromatic rings. The molecule has 0 spiro atoms. The number of halogens is 1. The molecule has 1 atom stereocenters. The van der Waals surface area contributed by atoms with Crippen molar-refractivity contribution in [2.24, 2.45) is 16.9 Å². The highest BCUT2D eigenvalue weighted by Crippen LogP contribution is 2.34. The van der Waals surface area contributed by atoms with Gasteiger partial charge in [0.25, 0.3) is 0 Å². The minimum atomic E-state index is -0.543. The van der Waals surface area contributed by atoms with E-state index in [9.17, 15) is 9.18 Å². The van der Waals surface area contributed by atoms with Crippen molar-refractivity contribution in [2.75, 3.05) is 18.0 Å². The Bertz CT molecular complexity index is 477. The molecule has 4 nitrogen and oxygen atoms in total. The molecule has 1 aliphatic heterocycles. The first-order valence-electron chi connectivity index (χ1n) is 6.00. The summed E-state index contributed by atoms with van der Waals surface area (Å²) in [6, 6.07) is 4.89. The molecule has 18 heavy (non-hydrogen) atoms. The highest BCUT2D eigenvalue weighted by Gasteiger charge is 2.39. The van der Waals surface area contributed by atoms with Gasteiger partial charge in [-0.3, -0.25) is 4.79 Å². The number of nitrogens with two attached hydrogens (primary N) is 2. The first-order valence-corrected chi connectivity index (χ1v) is 6.00. The zero-order valence-electron chi connectivity index (χ0n) is 10.4. The first-order chi connectivity index (χ1) is 8.48. The smallest absolute Gasteiger partial charge is 0.225 e. The number of primary amides is 1. The average molecular weight is 251 g/mol. The fourth-order valence-electron chi connectivity index (χ4n) is 2.41. The van der Waals surface area contributed by atoms with Crippen molar-refractivity contribution in [1.82, 2.24) is 0 Å². The van der Waals surface area contributed by atoms with Crippen LogP contribution in [0, 0.1) is 11.2 Å². The molecule has 2 rings (SSSR count). The van der Waals surface area contributed by atoms with E-state index in [0.29, 0.717) is 25.1 Å². The van der Waals surface area contributed by atoms with Crippen LogP contribution in [0.1, 0.15) is 18.9 Å². The van der Waals surface area contributed by atoms with Crippen LogP contribution in [0.5, 0.6) is 0 Å². The Kier molecular flexibility index (Phi) is 3.26. The van der Waals surface area contributed by atoms with Gasteiger partial charge in [-0.25, -0.2) is 4.39 Å². The number of benzene rings is 1. The lowest BCUT2D eigenvalue weighted by Crippen LogP contribution is -2.37. The van der Waals surface area contributed by atoms with Crippen molar-refractivity contribution >= 4 is 11.6 Å². The number of amides is 1. The second-order valence-electron chi connectivity index (χ2n) is 5.04. The Morgan fingerprint density at radius 3 is 2.83 bits per heavy atom. The van der Waals surface area contributed by atoms with Gasteiger partial charge >= 0.3 is 0 Å². The average Bonchev–Trinajstić information content (AvgIpc) is 2.73. The summed E-state index contributed by atoms with van der Waals surface area (Å²) < 4.78 is 13.7. The van der Waals surface area contributed by atoms with E-state index in [0.717, 1.165) is 5.69 Å². The maximum atomic E-state index is 13.7. The van der Waals surface area contributed by atoms with Crippen molar-refractivity contribution in [3.63, 3.8) is 0 Å². The molecular weight excluding hydrogens is 233 g/mol. The Hall–Kier alpha value is -1.62. The summed E-state index contributed by atoms with van der Waals surface area (Å²) in [6.45, 7) is 3.19. The van der Waals surface area contributed by atoms with E-state index in [-0.39, 0.29) is 18.3 Å². The minimum Gasteiger partial charge on any atom is -0.370 e. The molecule has 1 unspecified atom stereocenters. The van der Waals surface area contributed by atoms with Crippen LogP contribution in [0.4, 0.5) is 10.1 Å². The zero-order valence-corrected chi connectivity index (χ0v) is 10.4. The molecule has 1 aliphatic rings. The van der Waals surface area contributed by atoms with Crippen LogP contribution >= 0.6 is 0 Å². The van der Waals surface area contributed by atoms with Crippen LogP contribution in [0.2, 0.25) is 0 Å². The lowest BCUT2D eigenvalue weighted by Gasteiger charge is -2.24. The summed E-state index contributed by atoms with van der Waals surface area (Å²) in [5.74, 6) is -0.613. The van der Waals surface area contributed by atoms with Gasteiger partial charge in [0.05, 0.1) is 5.41 Å². The molecular formula is C13H18FN3O. The van der Waals surface area contributed by atoms with Crippen molar-refractivity contribution < 1.29 is 9.18 Å². The second kappa shape index (κ2) is 4.57. The summed E-state index contributed by atoms with van der Waals surface area (Å²) in [5, 5.41) is 0. The summed E-state index contributed by atoms with van der Waals surface area (Å²) in [5.41, 5.74) is 11.7. The topological polar surface area (TPSA) is 72.4 Å². The van der Waals surface area contributed by atoms with Crippen LogP contribution in [-0.2, 0) is 11.3 Å². The first kappa shape index (κ1) is 12.8. The number of hydrogen-bond donors (Lipinski definition) is 2. The van der Waals surface area contributed by atoms with Gasteiger partial charge in [-0.1, -0.05) is 6.07 Å². The Balaban J connectivity index is 2.30. The standard InChI is InChI=1S/C13H18FN3O/c1-13(12(16)18)5-6-17(8-13)11-4-2-3-10(14)9(11)7-15/h2-4H,5-8,15H2,1H3,(H2,16,18). The third-order valence-corrected chi connectivity index (χ3v) is 3.71. The number of rotatable bonds is 3. The highest BCUT2D eigenvalue weighted by atomic mass is 19.1. The zero-order chi connectivity index (χ0) is 13.3. The van der Waals surface area contributed by atoms with Gasteiger partial charge in [0, 0.05) is 30.9 Å². The van der Waals surface area contributed by atoms with E-state index in [1.54, 1.807) is 6.07 Å². The summed E-state index contributed by atoms with van der Waals surface area (Å²) in [7, 11) is 0. The number of anilines is 1. The van der Waals surface area contributed by atoms with Crippen LogP contribution in [0.25, 0.3) is 0 Å².